The van der Waals surface area contributed by atoms with Crippen molar-refractivity contribution in [1.82, 2.24) is 10.2 Å². The zero-order chi connectivity index (χ0) is 15.4. The molecular formula is C18H31N3. The van der Waals surface area contributed by atoms with E-state index in [1.165, 1.54) is 30.4 Å². The third-order valence-electron chi connectivity index (χ3n) is 5.07. The van der Waals surface area contributed by atoms with Crippen molar-refractivity contribution in [1.29, 1.82) is 0 Å². The van der Waals surface area contributed by atoms with E-state index in [2.05, 4.69) is 50.3 Å². The lowest BCUT2D eigenvalue weighted by Gasteiger charge is -2.32. The summed E-state index contributed by atoms with van der Waals surface area (Å²) in [5.41, 5.74) is 9.65. The van der Waals surface area contributed by atoms with Crippen LogP contribution in [0.3, 0.4) is 0 Å². The Morgan fingerprint density at radius 3 is 2.62 bits per heavy atom. The molecule has 0 aromatic heterocycles. The van der Waals surface area contributed by atoms with Crippen LogP contribution in [0.15, 0.2) is 18.2 Å². The standard InChI is InChI=1S/C18H31N3/c1-5-13(6-2)18(21(3)4)12-20-17-10-7-14-11-15(19)8-9-16(14)17/h8-9,11,13,17-18,20H,5-7,10,12,19H2,1-4H3. The lowest BCUT2D eigenvalue weighted by Crippen LogP contribution is -2.43. The van der Waals surface area contributed by atoms with Gasteiger partial charge in [0.05, 0.1) is 0 Å². The van der Waals surface area contributed by atoms with Gasteiger partial charge in [0.1, 0.15) is 0 Å². The number of hydrogen-bond donors (Lipinski definition) is 2. The molecule has 3 nitrogen and oxygen atoms in total. The van der Waals surface area contributed by atoms with Crippen LogP contribution in [-0.2, 0) is 6.42 Å². The van der Waals surface area contributed by atoms with Crippen molar-refractivity contribution in [2.24, 2.45) is 5.92 Å². The van der Waals surface area contributed by atoms with Gasteiger partial charge >= 0.3 is 0 Å². The summed E-state index contributed by atoms with van der Waals surface area (Å²) in [6, 6.07) is 7.48. The Morgan fingerprint density at radius 1 is 1.29 bits per heavy atom. The van der Waals surface area contributed by atoms with E-state index in [1.807, 2.05) is 6.07 Å². The molecule has 2 atom stereocenters. The summed E-state index contributed by atoms with van der Waals surface area (Å²) in [6.45, 7) is 5.67. The number of likely N-dealkylation sites (N-methyl/N-ethyl adjacent to an activating group) is 1. The molecule has 0 amide bonds. The molecule has 0 heterocycles. The van der Waals surface area contributed by atoms with Crippen molar-refractivity contribution >= 4 is 5.69 Å². The van der Waals surface area contributed by atoms with E-state index in [-0.39, 0.29) is 0 Å². The van der Waals surface area contributed by atoms with Gasteiger partial charge in [0.2, 0.25) is 0 Å². The quantitative estimate of drug-likeness (QED) is 0.757. The van der Waals surface area contributed by atoms with E-state index >= 15 is 0 Å². The van der Waals surface area contributed by atoms with Crippen LogP contribution in [0.2, 0.25) is 0 Å². The first-order valence-electron chi connectivity index (χ1n) is 8.34. The minimum absolute atomic E-state index is 0.498. The molecule has 0 radical (unpaired) electrons. The fraction of sp³-hybridized carbons (Fsp3) is 0.667. The number of nitrogens with one attached hydrogen (secondary N) is 1. The van der Waals surface area contributed by atoms with E-state index in [0.29, 0.717) is 12.1 Å². The Kier molecular flexibility index (Phi) is 5.65. The number of aryl methyl sites for hydroxylation is 1. The van der Waals surface area contributed by atoms with Crippen LogP contribution >= 0.6 is 0 Å². The van der Waals surface area contributed by atoms with Gasteiger partial charge in [-0.25, -0.2) is 0 Å². The smallest absolute Gasteiger partial charge is 0.0326 e. The predicted octanol–water partition coefficient (Wildman–Crippen LogP) is 3.21. The second-order valence-corrected chi connectivity index (χ2v) is 6.57. The largest absolute Gasteiger partial charge is 0.399 e. The summed E-state index contributed by atoms with van der Waals surface area (Å²) < 4.78 is 0. The summed E-state index contributed by atoms with van der Waals surface area (Å²) in [5.74, 6) is 0.764. The Hall–Kier alpha value is -1.06. The first-order chi connectivity index (χ1) is 10.1. The second-order valence-electron chi connectivity index (χ2n) is 6.57. The average molecular weight is 289 g/mol. The fourth-order valence-corrected chi connectivity index (χ4v) is 3.72. The second kappa shape index (κ2) is 7.28. The van der Waals surface area contributed by atoms with Crippen molar-refractivity contribution in [3.8, 4) is 0 Å². The highest BCUT2D eigenvalue weighted by Crippen LogP contribution is 2.32. The summed E-state index contributed by atoms with van der Waals surface area (Å²) in [5, 5.41) is 3.81. The van der Waals surface area contributed by atoms with Gasteiger partial charge in [-0.15, -0.1) is 0 Å². The molecule has 0 saturated carbocycles. The van der Waals surface area contributed by atoms with Crippen molar-refractivity contribution in [3.63, 3.8) is 0 Å². The van der Waals surface area contributed by atoms with Gasteiger partial charge in [0.25, 0.3) is 0 Å². The van der Waals surface area contributed by atoms with Gasteiger partial charge in [0, 0.05) is 24.3 Å². The summed E-state index contributed by atoms with van der Waals surface area (Å²) in [6.07, 6.45) is 4.84. The van der Waals surface area contributed by atoms with Crippen LogP contribution in [0.4, 0.5) is 5.69 Å². The summed E-state index contributed by atoms with van der Waals surface area (Å²) in [4.78, 5) is 2.38. The van der Waals surface area contributed by atoms with Gasteiger partial charge in [-0.3, -0.25) is 0 Å². The number of benzene rings is 1. The lowest BCUT2D eigenvalue weighted by atomic mass is 9.93. The maximum absolute atomic E-state index is 5.89. The maximum atomic E-state index is 5.89. The first kappa shape index (κ1) is 16.3. The zero-order valence-electron chi connectivity index (χ0n) is 14.0. The molecule has 0 aliphatic heterocycles. The molecule has 0 bridgehead atoms. The third kappa shape index (κ3) is 3.78. The fourth-order valence-electron chi connectivity index (χ4n) is 3.72. The molecule has 0 spiro atoms. The SMILES string of the molecule is CCC(CC)C(CNC1CCc2cc(N)ccc21)N(C)C. The number of nitrogens with two attached hydrogens (primary N) is 1. The van der Waals surface area contributed by atoms with Crippen LogP contribution in [0.5, 0.6) is 0 Å². The third-order valence-corrected chi connectivity index (χ3v) is 5.07. The Balaban J connectivity index is 2.00. The van der Waals surface area contributed by atoms with E-state index < -0.39 is 0 Å². The highest BCUT2D eigenvalue weighted by Gasteiger charge is 2.25. The Morgan fingerprint density at radius 2 is 2.00 bits per heavy atom. The molecule has 1 aromatic rings. The molecule has 2 rings (SSSR count). The van der Waals surface area contributed by atoms with Crippen LogP contribution < -0.4 is 11.1 Å². The van der Waals surface area contributed by atoms with Crippen molar-refractivity contribution in [3.05, 3.63) is 29.3 Å². The van der Waals surface area contributed by atoms with Crippen molar-refractivity contribution in [2.45, 2.75) is 51.6 Å². The zero-order valence-corrected chi connectivity index (χ0v) is 14.0. The topological polar surface area (TPSA) is 41.3 Å². The number of nitrogen functional groups attached to an aromatic ring is 1. The summed E-state index contributed by atoms with van der Waals surface area (Å²) >= 11 is 0. The highest BCUT2D eigenvalue weighted by atomic mass is 15.1. The van der Waals surface area contributed by atoms with Crippen LogP contribution in [0.25, 0.3) is 0 Å². The van der Waals surface area contributed by atoms with Gasteiger partial charge in [0.15, 0.2) is 0 Å². The minimum atomic E-state index is 0.498. The summed E-state index contributed by atoms with van der Waals surface area (Å²) in [7, 11) is 4.40. The van der Waals surface area contributed by atoms with Gasteiger partial charge in [-0.2, -0.15) is 0 Å². The first-order valence-corrected chi connectivity index (χ1v) is 8.34. The van der Waals surface area contributed by atoms with Gasteiger partial charge in [-0.1, -0.05) is 32.8 Å². The molecule has 0 saturated heterocycles. The lowest BCUT2D eigenvalue weighted by molar-refractivity contribution is 0.189. The number of anilines is 1. The molecule has 1 aromatic carbocycles. The molecule has 1 aliphatic rings. The average Bonchev–Trinajstić information content (AvgIpc) is 2.85. The van der Waals surface area contributed by atoms with Crippen LogP contribution in [0, 0.1) is 5.92 Å². The molecule has 118 valence electrons. The number of rotatable bonds is 7. The Bertz CT molecular complexity index is 452. The minimum Gasteiger partial charge on any atom is -0.399 e. The molecule has 3 N–H and O–H groups in total. The molecular weight excluding hydrogens is 258 g/mol. The molecule has 21 heavy (non-hydrogen) atoms. The molecule has 1 aliphatic carbocycles. The Labute approximate surface area is 129 Å². The van der Waals surface area contributed by atoms with E-state index in [1.54, 1.807) is 0 Å². The van der Waals surface area contributed by atoms with Crippen molar-refractivity contribution < 1.29 is 0 Å². The molecule has 3 heteroatoms. The molecule has 0 fully saturated rings. The van der Waals surface area contributed by atoms with Crippen molar-refractivity contribution in [2.75, 3.05) is 26.4 Å². The predicted molar refractivity (Wildman–Crippen MR) is 91.5 cm³/mol. The monoisotopic (exact) mass is 289 g/mol. The van der Waals surface area contributed by atoms with Gasteiger partial charge < -0.3 is 16.0 Å². The molecule has 2 unspecified atom stereocenters. The van der Waals surface area contributed by atoms with E-state index in [4.69, 9.17) is 5.73 Å². The number of hydrogen-bond acceptors (Lipinski definition) is 3. The van der Waals surface area contributed by atoms with Crippen LogP contribution in [0.1, 0.15) is 50.3 Å². The van der Waals surface area contributed by atoms with E-state index in [9.17, 15) is 0 Å². The number of nitrogens with zero attached hydrogens (tertiary/aromatic N) is 1. The van der Waals surface area contributed by atoms with Crippen LogP contribution in [-0.4, -0.2) is 31.6 Å². The maximum Gasteiger partial charge on any atom is 0.0326 e. The van der Waals surface area contributed by atoms with Gasteiger partial charge in [-0.05, 0) is 56.1 Å². The number of fused-ring (bicyclic) bond motifs is 1. The normalized spacial score (nSPS) is 19.2. The van der Waals surface area contributed by atoms with E-state index in [0.717, 1.165) is 24.6 Å². The highest BCUT2D eigenvalue weighted by molar-refractivity contribution is 5.47.